The van der Waals surface area contributed by atoms with E-state index in [4.69, 9.17) is 9.84 Å². The third-order valence-corrected chi connectivity index (χ3v) is 3.99. The molecule has 1 atom stereocenters. The summed E-state index contributed by atoms with van der Waals surface area (Å²) >= 11 is 1.36. The van der Waals surface area contributed by atoms with Crippen molar-refractivity contribution in [3.63, 3.8) is 0 Å². The number of nitrogens with one attached hydrogen (secondary N) is 1. The van der Waals surface area contributed by atoms with Crippen LogP contribution in [0.15, 0.2) is 30.3 Å². The molecule has 0 spiro atoms. The number of hydrogen-bond acceptors (Lipinski definition) is 5. The van der Waals surface area contributed by atoms with Crippen molar-refractivity contribution in [2.75, 3.05) is 7.11 Å². The zero-order chi connectivity index (χ0) is 16.1. The van der Waals surface area contributed by atoms with Gasteiger partial charge in [0.1, 0.15) is 16.7 Å². The van der Waals surface area contributed by atoms with Crippen molar-refractivity contribution in [2.45, 2.75) is 19.6 Å². The van der Waals surface area contributed by atoms with Gasteiger partial charge in [-0.15, -0.1) is 11.3 Å². The number of aromatic nitrogens is 1. The number of methoxy groups -OCH3 is 1. The molecule has 0 aliphatic rings. The van der Waals surface area contributed by atoms with Gasteiger partial charge in [0, 0.05) is 7.11 Å². The fourth-order valence-corrected chi connectivity index (χ4v) is 2.85. The van der Waals surface area contributed by atoms with Gasteiger partial charge < -0.3 is 15.2 Å². The number of aliphatic carboxylic acids is 1. The van der Waals surface area contributed by atoms with E-state index in [9.17, 15) is 9.59 Å². The molecule has 0 saturated carbocycles. The number of carboxylic acids is 1. The summed E-state index contributed by atoms with van der Waals surface area (Å²) in [6.45, 7) is 1.71. The van der Waals surface area contributed by atoms with Crippen LogP contribution in [0.25, 0.3) is 10.4 Å². The number of nitrogens with zero attached hydrogens (tertiary/aromatic N) is 1. The third-order valence-electron chi connectivity index (χ3n) is 2.91. The number of carbonyl (C=O) groups is 2. The van der Waals surface area contributed by atoms with Gasteiger partial charge in [-0.3, -0.25) is 9.59 Å². The minimum absolute atomic E-state index is 0.219. The van der Waals surface area contributed by atoms with Crippen LogP contribution < -0.4 is 5.32 Å². The molecule has 0 fully saturated rings. The largest absolute Gasteiger partial charge is 0.480 e. The zero-order valence-electron chi connectivity index (χ0n) is 12.2. The van der Waals surface area contributed by atoms with Crippen LogP contribution in [0.4, 0.5) is 0 Å². The minimum atomic E-state index is -1.10. The average Bonchev–Trinajstić information content (AvgIpc) is 2.92. The molecule has 6 nitrogen and oxygen atoms in total. The van der Waals surface area contributed by atoms with Crippen molar-refractivity contribution in [3.05, 3.63) is 41.0 Å². The van der Waals surface area contributed by atoms with E-state index in [1.165, 1.54) is 18.3 Å². The van der Waals surface area contributed by atoms with Crippen molar-refractivity contribution in [1.82, 2.24) is 10.3 Å². The van der Waals surface area contributed by atoms with Crippen molar-refractivity contribution in [2.24, 2.45) is 0 Å². The number of carboxylic acid groups (broad SMARTS) is 1. The summed E-state index contributed by atoms with van der Waals surface area (Å²) in [6.07, 6.45) is 0. The molecule has 116 valence electrons. The predicted octanol–water partition coefficient (Wildman–Crippen LogP) is 2.16. The van der Waals surface area contributed by atoms with E-state index in [2.05, 4.69) is 10.3 Å². The Morgan fingerprint density at radius 1 is 1.36 bits per heavy atom. The van der Waals surface area contributed by atoms with Crippen molar-refractivity contribution in [3.8, 4) is 10.4 Å². The smallest absolute Gasteiger partial charge is 0.325 e. The summed E-state index contributed by atoms with van der Waals surface area (Å²) in [6, 6.07) is 8.39. The maximum absolute atomic E-state index is 12.3. The SMILES string of the molecule is COCc1nc(C(=O)N[C@H](C)C(=O)O)c(-c2ccccc2)s1. The number of ether oxygens (including phenoxy) is 1. The average molecular weight is 320 g/mol. The van der Waals surface area contributed by atoms with Crippen LogP contribution in [-0.2, 0) is 16.1 Å². The van der Waals surface area contributed by atoms with Gasteiger partial charge in [-0.2, -0.15) is 0 Å². The van der Waals surface area contributed by atoms with Crippen LogP contribution in [0.5, 0.6) is 0 Å². The third kappa shape index (κ3) is 3.69. The molecule has 0 saturated heterocycles. The fourth-order valence-electron chi connectivity index (χ4n) is 1.82. The highest BCUT2D eigenvalue weighted by atomic mass is 32.1. The topological polar surface area (TPSA) is 88.5 Å². The van der Waals surface area contributed by atoms with Crippen LogP contribution in [-0.4, -0.2) is 35.1 Å². The highest BCUT2D eigenvalue weighted by Gasteiger charge is 2.22. The number of amides is 1. The molecule has 1 amide bonds. The second kappa shape index (κ2) is 7.15. The molecule has 0 radical (unpaired) electrons. The lowest BCUT2D eigenvalue weighted by Crippen LogP contribution is -2.38. The normalized spacial score (nSPS) is 11.9. The Labute approximate surface area is 131 Å². The summed E-state index contributed by atoms with van der Waals surface area (Å²) in [5, 5.41) is 12.0. The molecule has 2 aromatic rings. The molecule has 2 N–H and O–H groups in total. The number of thiazole rings is 1. The molecule has 7 heteroatoms. The molecule has 0 aliphatic heterocycles. The number of carbonyl (C=O) groups excluding carboxylic acids is 1. The first-order chi connectivity index (χ1) is 10.5. The lowest BCUT2D eigenvalue weighted by molar-refractivity contribution is -0.138. The predicted molar refractivity (Wildman–Crippen MR) is 82.8 cm³/mol. The van der Waals surface area contributed by atoms with Gasteiger partial charge in [-0.1, -0.05) is 30.3 Å². The van der Waals surface area contributed by atoms with Crippen LogP contribution in [0, 0.1) is 0 Å². The Bertz CT molecular complexity index is 669. The summed E-state index contributed by atoms with van der Waals surface area (Å²) in [5.41, 5.74) is 1.08. The number of hydrogen-bond donors (Lipinski definition) is 2. The van der Waals surface area contributed by atoms with Crippen molar-refractivity contribution < 1.29 is 19.4 Å². The molecule has 1 aromatic heterocycles. The molecule has 0 aliphatic carbocycles. The fraction of sp³-hybridized carbons (Fsp3) is 0.267. The molecule has 0 unspecified atom stereocenters. The summed E-state index contributed by atoms with van der Waals surface area (Å²) in [7, 11) is 1.55. The van der Waals surface area contributed by atoms with Gasteiger partial charge in [0.15, 0.2) is 0 Å². The van der Waals surface area contributed by atoms with Gasteiger partial charge in [0.2, 0.25) is 0 Å². The first kappa shape index (κ1) is 16.1. The Hall–Kier alpha value is -2.25. The van der Waals surface area contributed by atoms with E-state index >= 15 is 0 Å². The monoisotopic (exact) mass is 320 g/mol. The lowest BCUT2D eigenvalue weighted by atomic mass is 10.1. The molecule has 0 bridgehead atoms. The van der Waals surface area contributed by atoms with E-state index < -0.39 is 17.9 Å². The van der Waals surface area contributed by atoms with Crippen LogP contribution in [0.2, 0.25) is 0 Å². The van der Waals surface area contributed by atoms with Gasteiger partial charge in [-0.05, 0) is 12.5 Å². The molecular weight excluding hydrogens is 304 g/mol. The highest BCUT2D eigenvalue weighted by Crippen LogP contribution is 2.30. The molecule has 1 aromatic carbocycles. The Balaban J connectivity index is 2.36. The van der Waals surface area contributed by atoms with E-state index in [1.54, 1.807) is 7.11 Å². The van der Waals surface area contributed by atoms with Gasteiger partial charge in [0.25, 0.3) is 5.91 Å². The van der Waals surface area contributed by atoms with E-state index in [0.29, 0.717) is 16.5 Å². The molecule has 2 rings (SSSR count). The standard InChI is InChI=1S/C15H16N2O4S/c1-9(15(19)20)16-14(18)12-13(10-6-4-3-5-7-10)22-11(17-12)8-21-2/h3-7,9H,8H2,1-2H3,(H,16,18)(H,19,20)/t9-/m1/s1. The van der Waals surface area contributed by atoms with E-state index in [-0.39, 0.29) is 5.69 Å². The molecule has 1 heterocycles. The number of benzene rings is 1. The summed E-state index contributed by atoms with van der Waals surface area (Å²) < 4.78 is 5.05. The van der Waals surface area contributed by atoms with Crippen LogP contribution >= 0.6 is 11.3 Å². The summed E-state index contributed by atoms with van der Waals surface area (Å²) in [4.78, 5) is 28.2. The van der Waals surface area contributed by atoms with Crippen LogP contribution in [0.1, 0.15) is 22.4 Å². The Morgan fingerprint density at radius 2 is 2.05 bits per heavy atom. The van der Waals surface area contributed by atoms with Crippen LogP contribution in [0.3, 0.4) is 0 Å². The van der Waals surface area contributed by atoms with Gasteiger partial charge in [-0.25, -0.2) is 4.98 Å². The number of rotatable bonds is 6. The summed E-state index contributed by atoms with van der Waals surface area (Å²) in [5.74, 6) is -1.60. The van der Waals surface area contributed by atoms with E-state index in [1.807, 2.05) is 30.3 Å². The van der Waals surface area contributed by atoms with Gasteiger partial charge >= 0.3 is 5.97 Å². The lowest BCUT2D eigenvalue weighted by Gasteiger charge is -2.08. The maximum atomic E-state index is 12.3. The Kier molecular flexibility index (Phi) is 5.24. The van der Waals surface area contributed by atoms with Gasteiger partial charge in [0.05, 0.1) is 11.5 Å². The highest BCUT2D eigenvalue weighted by molar-refractivity contribution is 7.15. The molecular formula is C15H16N2O4S. The quantitative estimate of drug-likeness (QED) is 0.851. The molecule has 22 heavy (non-hydrogen) atoms. The van der Waals surface area contributed by atoms with Crippen molar-refractivity contribution in [1.29, 1.82) is 0 Å². The second-order valence-electron chi connectivity index (χ2n) is 4.62. The minimum Gasteiger partial charge on any atom is -0.480 e. The first-order valence-corrected chi connectivity index (χ1v) is 7.42. The van der Waals surface area contributed by atoms with Crippen molar-refractivity contribution >= 4 is 23.2 Å². The second-order valence-corrected chi connectivity index (χ2v) is 5.70. The first-order valence-electron chi connectivity index (χ1n) is 6.60. The zero-order valence-corrected chi connectivity index (χ0v) is 13.0. The maximum Gasteiger partial charge on any atom is 0.325 e. The van der Waals surface area contributed by atoms with E-state index in [0.717, 1.165) is 5.56 Å². The Morgan fingerprint density at radius 3 is 2.64 bits per heavy atom.